The molecule has 2 heterocycles. The van der Waals surface area contributed by atoms with E-state index in [1.807, 2.05) is 6.07 Å². The second-order valence-electron chi connectivity index (χ2n) is 5.37. The molecule has 8 heteroatoms. The highest BCUT2D eigenvalue weighted by molar-refractivity contribution is 9.10. The summed E-state index contributed by atoms with van der Waals surface area (Å²) in [6, 6.07) is 7.08. The van der Waals surface area contributed by atoms with Crippen molar-refractivity contribution in [1.29, 1.82) is 0 Å². The first-order valence-corrected chi connectivity index (χ1v) is 8.15. The van der Waals surface area contributed by atoms with Crippen LogP contribution in [0.1, 0.15) is 12.8 Å². The van der Waals surface area contributed by atoms with E-state index in [0.717, 1.165) is 31.9 Å². The lowest BCUT2D eigenvalue weighted by atomic mass is 10.0. The molecule has 2 aromatic rings. The average Bonchev–Trinajstić information content (AvgIpc) is 2.58. The molecule has 3 rings (SSSR count). The van der Waals surface area contributed by atoms with Crippen LogP contribution in [-0.2, 0) is 0 Å². The Bertz CT molecular complexity index is 690. The van der Waals surface area contributed by atoms with E-state index in [1.165, 1.54) is 6.07 Å². The third-order valence-corrected chi connectivity index (χ3v) is 4.34. The van der Waals surface area contributed by atoms with Crippen molar-refractivity contribution in [3.05, 3.63) is 51.2 Å². The van der Waals surface area contributed by atoms with Crippen LogP contribution in [0.2, 0.25) is 0 Å². The highest BCUT2D eigenvalue weighted by atomic mass is 79.9. The fraction of sp³-hybridized carbons (Fsp3) is 0.333. The Hall–Kier alpha value is -2.22. The maximum atomic E-state index is 11.2. The van der Waals surface area contributed by atoms with E-state index in [4.69, 9.17) is 0 Å². The summed E-state index contributed by atoms with van der Waals surface area (Å²) in [5.41, 5.74) is 0.654. The lowest BCUT2D eigenvalue weighted by Crippen LogP contribution is -2.40. The van der Waals surface area contributed by atoms with Gasteiger partial charge in [-0.2, -0.15) is 0 Å². The topological polar surface area (TPSA) is 84.2 Å². The van der Waals surface area contributed by atoms with Gasteiger partial charge in [0.25, 0.3) is 5.69 Å². The van der Waals surface area contributed by atoms with Crippen LogP contribution >= 0.6 is 15.9 Å². The van der Waals surface area contributed by atoms with Crippen LogP contribution < -0.4 is 10.2 Å². The van der Waals surface area contributed by atoms with E-state index in [-0.39, 0.29) is 16.7 Å². The van der Waals surface area contributed by atoms with Crippen LogP contribution in [0.25, 0.3) is 0 Å². The molecule has 1 aliphatic rings. The van der Waals surface area contributed by atoms with Crippen LogP contribution in [0.3, 0.4) is 0 Å². The molecule has 23 heavy (non-hydrogen) atoms. The summed E-state index contributed by atoms with van der Waals surface area (Å²) in [5, 5.41) is 14.5. The predicted molar refractivity (Wildman–Crippen MR) is 91.7 cm³/mol. The van der Waals surface area contributed by atoms with Crippen LogP contribution in [0.4, 0.5) is 17.3 Å². The quantitative estimate of drug-likeness (QED) is 0.650. The number of benzene rings is 1. The van der Waals surface area contributed by atoms with E-state index in [1.54, 1.807) is 24.5 Å². The van der Waals surface area contributed by atoms with Crippen molar-refractivity contribution < 1.29 is 4.92 Å². The molecule has 0 saturated carbocycles. The molecule has 0 aliphatic carbocycles. The van der Waals surface area contributed by atoms with Crippen molar-refractivity contribution in [1.82, 2.24) is 9.97 Å². The number of nitro benzene ring substituents is 1. The molecule has 0 spiro atoms. The van der Waals surface area contributed by atoms with Gasteiger partial charge in [0, 0.05) is 42.1 Å². The van der Waals surface area contributed by atoms with Gasteiger partial charge in [0.1, 0.15) is 5.69 Å². The molecule has 1 aliphatic heterocycles. The highest BCUT2D eigenvalue weighted by Crippen LogP contribution is 2.30. The number of anilines is 2. The SMILES string of the molecule is O=[N+]([O-])c1cc(Br)ccc1NC1CCN(c2ncccn2)CC1. The van der Waals surface area contributed by atoms with Crippen molar-refractivity contribution in [2.45, 2.75) is 18.9 Å². The first-order chi connectivity index (χ1) is 11.1. The van der Waals surface area contributed by atoms with Crippen LogP contribution in [0.15, 0.2) is 41.1 Å². The molecule has 7 nitrogen and oxygen atoms in total. The van der Waals surface area contributed by atoms with E-state index in [0.29, 0.717) is 10.2 Å². The maximum Gasteiger partial charge on any atom is 0.293 e. The molecule has 1 fully saturated rings. The van der Waals surface area contributed by atoms with E-state index in [2.05, 4.69) is 36.1 Å². The third kappa shape index (κ3) is 3.76. The molecule has 0 unspecified atom stereocenters. The van der Waals surface area contributed by atoms with Gasteiger partial charge in [0.05, 0.1) is 4.92 Å². The molecule has 120 valence electrons. The minimum atomic E-state index is -0.361. The molecule has 0 atom stereocenters. The molecule has 1 saturated heterocycles. The van der Waals surface area contributed by atoms with E-state index < -0.39 is 0 Å². The van der Waals surface area contributed by atoms with Crippen molar-refractivity contribution in [3.63, 3.8) is 0 Å². The molecule has 0 bridgehead atoms. The zero-order chi connectivity index (χ0) is 16.2. The first kappa shape index (κ1) is 15.7. The van der Waals surface area contributed by atoms with Crippen molar-refractivity contribution in [3.8, 4) is 0 Å². The van der Waals surface area contributed by atoms with Gasteiger partial charge >= 0.3 is 0 Å². The number of hydrogen-bond donors (Lipinski definition) is 1. The third-order valence-electron chi connectivity index (χ3n) is 3.85. The van der Waals surface area contributed by atoms with Gasteiger partial charge < -0.3 is 10.2 Å². The van der Waals surface area contributed by atoms with Gasteiger partial charge in [0.15, 0.2) is 0 Å². The fourth-order valence-corrected chi connectivity index (χ4v) is 3.03. The maximum absolute atomic E-state index is 11.2. The second-order valence-corrected chi connectivity index (χ2v) is 6.29. The van der Waals surface area contributed by atoms with Crippen LogP contribution in [0.5, 0.6) is 0 Å². The highest BCUT2D eigenvalue weighted by Gasteiger charge is 2.23. The predicted octanol–water partition coefficient (Wildman–Crippen LogP) is 3.23. The largest absolute Gasteiger partial charge is 0.377 e. The summed E-state index contributed by atoms with van der Waals surface area (Å²) in [7, 11) is 0. The summed E-state index contributed by atoms with van der Waals surface area (Å²) < 4.78 is 0.700. The molecule has 1 aromatic carbocycles. The zero-order valence-electron chi connectivity index (χ0n) is 12.4. The van der Waals surface area contributed by atoms with Crippen LogP contribution in [-0.4, -0.2) is 34.0 Å². The van der Waals surface area contributed by atoms with Gasteiger partial charge in [-0.25, -0.2) is 9.97 Å². The number of halogens is 1. The normalized spacial score (nSPS) is 15.4. The van der Waals surface area contributed by atoms with Crippen molar-refractivity contribution >= 4 is 33.3 Å². The summed E-state index contributed by atoms with van der Waals surface area (Å²) in [6.07, 6.45) is 5.23. The first-order valence-electron chi connectivity index (χ1n) is 7.36. The Labute approximate surface area is 142 Å². The molecule has 0 radical (unpaired) electrons. The Morgan fingerprint density at radius 1 is 1.26 bits per heavy atom. The Morgan fingerprint density at radius 3 is 2.61 bits per heavy atom. The van der Waals surface area contributed by atoms with Crippen LogP contribution in [0, 0.1) is 10.1 Å². The van der Waals surface area contributed by atoms with Crippen molar-refractivity contribution in [2.24, 2.45) is 0 Å². The van der Waals surface area contributed by atoms with E-state index >= 15 is 0 Å². The summed E-state index contributed by atoms with van der Waals surface area (Å²) in [5.74, 6) is 0.737. The molecule has 0 amide bonds. The lowest BCUT2D eigenvalue weighted by molar-refractivity contribution is -0.384. The Morgan fingerprint density at radius 2 is 1.96 bits per heavy atom. The Balaban J connectivity index is 1.64. The van der Waals surface area contributed by atoms with E-state index in [9.17, 15) is 10.1 Å². The monoisotopic (exact) mass is 377 g/mol. The summed E-state index contributed by atoms with van der Waals surface area (Å²) >= 11 is 3.27. The smallest absolute Gasteiger partial charge is 0.293 e. The summed E-state index contributed by atoms with van der Waals surface area (Å²) in [6.45, 7) is 1.65. The van der Waals surface area contributed by atoms with Crippen molar-refractivity contribution in [2.75, 3.05) is 23.3 Å². The fourth-order valence-electron chi connectivity index (χ4n) is 2.68. The minimum absolute atomic E-state index is 0.0909. The molecule has 1 N–H and O–H groups in total. The summed E-state index contributed by atoms with van der Waals surface area (Å²) in [4.78, 5) is 21.5. The number of nitro groups is 1. The molecular formula is C15H16BrN5O2. The van der Waals surface area contributed by atoms with Gasteiger partial charge in [-0.05, 0) is 31.0 Å². The van der Waals surface area contributed by atoms with Gasteiger partial charge in [-0.1, -0.05) is 15.9 Å². The standard InChI is InChI=1S/C15H16BrN5O2/c16-11-2-3-13(14(10-11)21(22)23)19-12-4-8-20(9-5-12)15-17-6-1-7-18-15/h1-3,6-7,10,12,19H,4-5,8-9H2. The zero-order valence-corrected chi connectivity index (χ0v) is 13.9. The number of nitrogens with zero attached hydrogens (tertiary/aromatic N) is 4. The number of rotatable bonds is 4. The van der Waals surface area contributed by atoms with Gasteiger partial charge in [0.2, 0.25) is 5.95 Å². The Kier molecular flexibility index (Phi) is 4.71. The number of aromatic nitrogens is 2. The minimum Gasteiger partial charge on any atom is -0.377 e. The molecule has 1 aromatic heterocycles. The van der Waals surface area contributed by atoms with Gasteiger partial charge in [-0.15, -0.1) is 0 Å². The second kappa shape index (κ2) is 6.91. The molecular weight excluding hydrogens is 362 g/mol. The van der Waals surface area contributed by atoms with Gasteiger partial charge in [-0.3, -0.25) is 10.1 Å². The number of hydrogen-bond acceptors (Lipinski definition) is 6. The number of piperidine rings is 1. The number of nitrogens with one attached hydrogen (secondary N) is 1. The average molecular weight is 378 g/mol. The lowest BCUT2D eigenvalue weighted by Gasteiger charge is -2.32.